The largest absolute Gasteiger partial charge is 0.491 e. The van der Waals surface area contributed by atoms with Crippen molar-refractivity contribution in [2.24, 2.45) is 0 Å². The lowest BCUT2D eigenvalue weighted by atomic mass is 10.2. The van der Waals surface area contributed by atoms with E-state index >= 15 is 0 Å². The molecule has 0 radical (unpaired) electrons. The molecule has 0 saturated carbocycles. The van der Waals surface area contributed by atoms with E-state index < -0.39 is 6.10 Å². The number of aromatic nitrogens is 2. The summed E-state index contributed by atoms with van der Waals surface area (Å²) >= 11 is 0. The van der Waals surface area contributed by atoms with Crippen LogP contribution in [0.15, 0.2) is 35.2 Å². The number of rotatable bonds is 7. The predicted molar refractivity (Wildman–Crippen MR) is 68.7 cm³/mol. The normalized spacial score (nSPS) is 12.3. The van der Waals surface area contributed by atoms with E-state index in [0.29, 0.717) is 18.9 Å². The summed E-state index contributed by atoms with van der Waals surface area (Å²) in [7, 11) is 0. The Balaban J connectivity index is 1.65. The number of aliphatic hydroxyl groups excluding tert-OH is 1. The van der Waals surface area contributed by atoms with Gasteiger partial charge in [0, 0.05) is 6.54 Å². The molecule has 0 aliphatic heterocycles. The molecule has 2 rings (SSSR count). The highest BCUT2D eigenvalue weighted by Crippen LogP contribution is 2.12. The SMILES string of the molecule is Cc1cccc(OCC(O)CNCc2ncon2)c1. The zero-order chi connectivity index (χ0) is 13.5. The van der Waals surface area contributed by atoms with E-state index in [1.165, 1.54) is 6.39 Å². The Hall–Kier alpha value is -1.92. The van der Waals surface area contributed by atoms with Crippen LogP contribution >= 0.6 is 0 Å². The predicted octanol–water partition coefficient (Wildman–Crippen LogP) is 0.908. The fourth-order valence-electron chi connectivity index (χ4n) is 1.58. The number of hydrogen-bond acceptors (Lipinski definition) is 6. The van der Waals surface area contributed by atoms with Crippen LogP contribution in [0.3, 0.4) is 0 Å². The standard InChI is InChI=1S/C13H17N3O3/c1-10-3-2-4-12(5-10)18-8-11(17)6-14-7-13-15-9-19-16-13/h2-5,9,11,14,17H,6-8H2,1H3. The monoisotopic (exact) mass is 263 g/mol. The third-order valence-corrected chi connectivity index (χ3v) is 2.50. The summed E-state index contributed by atoms with van der Waals surface area (Å²) in [4.78, 5) is 3.86. The number of benzene rings is 1. The molecule has 0 spiro atoms. The van der Waals surface area contributed by atoms with Crippen molar-refractivity contribution in [1.29, 1.82) is 0 Å². The van der Waals surface area contributed by atoms with Crippen LogP contribution in [0, 0.1) is 6.92 Å². The lowest BCUT2D eigenvalue weighted by Gasteiger charge is -2.12. The summed E-state index contributed by atoms with van der Waals surface area (Å²) in [6.45, 7) is 3.09. The molecule has 0 saturated heterocycles. The van der Waals surface area contributed by atoms with E-state index in [9.17, 15) is 5.11 Å². The van der Waals surface area contributed by atoms with Gasteiger partial charge >= 0.3 is 0 Å². The molecule has 0 fully saturated rings. The molecule has 2 N–H and O–H groups in total. The van der Waals surface area contributed by atoms with Gasteiger partial charge in [0.15, 0.2) is 5.82 Å². The Kier molecular flexibility index (Phi) is 4.88. The zero-order valence-electron chi connectivity index (χ0n) is 10.7. The van der Waals surface area contributed by atoms with Crippen molar-refractivity contribution in [1.82, 2.24) is 15.5 Å². The van der Waals surface area contributed by atoms with Crippen molar-refractivity contribution in [3.05, 3.63) is 42.0 Å². The number of nitrogens with one attached hydrogen (secondary N) is 1. The topological polar surface area (TPSA) is 80.4 Å². The fourth-order valence-corrected chi connectivity index (χ4v) is 1.58. The van der Waals surface area contributed by atoms with E-state index in [1.54, 1.807) is 0 Å². The van der Waals surface area contributed by atoms with Crippen molar-refractivity contribution < 1.29 is 14.4 Å². The van der Waals surface area contributed by atoms with E-state index in [0.717, 1.165) is 11.3 Å². The Labute approximate surface area is 111 Å². The van der Waals surface area contributed by atoms with E-state index in [-0.39, 0.29) is 6.61 Å². The summed E-state index contributed by atoms with van der Waals surface area (Å²) < 4.78 is 10.1. The summed E-state index contributed by atoms with van der Waals surface area (Å²) in [5, 5.41) is 16.4. The minimum Gasteiger partial charge on any atom is -0.491 e. The molecule has 2 aromatic rings. The van der Waals surface area contributed by atoms with Gasteiger partial charge in [0.2, 0.25) is 6.39 Å². The first-order valence-corrected chi connectivity index (χ1v) is 6.07. The van der Waals surface area contributed by atoms with Crippen LogP contribution in [-0.4, -0.2) is 34.5 Å². The summed E-state index contributed by atoms with van der Waals surface area (Å²) in [5.41, 5.74) is 1.13. The van der Waals surface area contributed by atoms with Gasteiger partial charge in [-0.05, 0) is 24.6 Å². The van der Waals surface area contributed by atoms with Crippen LogP contribution < -0.4 is 10.1 Å². The van der Waals surface area contributed by atoms with Crippen LogP contribution in [0.5, 0.6) is 5.75 Å². The number of hydrogen-bond donors (Lipinski definition) is 2. The second kappa shape index (κ2) is 6.86. The van der Waals surface area contributed by atoms with E-state index in [1.807, 2.05) is 31.2 Å². The minimum atomic E-state index is -0.590. The molecule has 1 aromatic heterocycles. The van der Waals surface area contributed by atoms with Crippen LogP contribution in [0.1, 0.15) is 11.4 Å². The molecule has 6 nitrogen and oxygen atoms in total. The molecule has 0 aliphatic carbocycles. The second-order valence-corrected chi connectivity index (χ2v) is 4.26. The molecule has 102 valence electrons. The first-order valence-electron chi connectivity index (χ1n) is 6.07. The highest BCUT2D eigenvalue weighted by molar-refractivity contribution is 5.27. The average molecular weight is 263 g/mol. The molecular formula is C13H17N3O3. The van der Waals surface area contributed by atoms with Crippen LogP contribution in [0.2, 0.25) is 0 Å². The summed E-state index contributed by atoms with van der Waals surface area (Å²) in [6.07, 6.45) is 0.682. The van der Waals surface area contributed by atoms with Crippen molar-refractivity contribution in [3.63, 3.8) is 0 Å². The van der Waals surface area contributed by atoms with Gasteiger partial charge in [-0.2, -0.15) is 4.98 Å². The van der Waals surface area contributed by atoms with Crippen molar-refractivity contribution in [2.45, 2.75) is 19.6 Å². The fraction of sp³-hybridized carbons (Fsp3) is 0.385. The third-order valence-electron chi connectivity index (χ3n) is 2.50. The van der Waals surface area contributed by atoms with Crippen LogP contribution in [-0.2, 0) is 6.54 Å². The van der Waals surface area contributed by atoms with Gasteiger partial charge < -0.3 is 19.7 Å². The smallest absolute Gasteiger partial charge is 0.213 e. The Bertz CT molecular complexity index is 488. The highest BCUT2D eigenvalue weighted by Gasteiger charge is 2.06. The Morgan fingerprint density at radius 2 is 2.37 bits per heavy atom. The Morgan fingerprint density at radius 3 is 3.11 bits per heavy atom. The maximum absolute atomic E-state index is 9.76. The van der Waals surface area contributed by atoms with Gasteiger partial charge in [0.25, 0.3) is 0 Å². The van der Waals surface area contributed by atoms with Crippen LogP contribution in [0.25, 0.3) is 0 Å². The average Bonchev–Trinajstić information content (AvgIpc) is 2.90. The molecule has 6 heteroatoms. The maximum atomic E-state index is 9.76. The lowest BCUT2D eigenvalue weighted by Crippen LogP contribution is -2.31. The molecule has 1 unspecified atom stereocenters. The molecule has 1 atom stereocenters. The van der Waals surface area contributed by atoms with Gasteiger partial charge in [0.1, 0.15) is 18.5 Å². The quantitative estimate of drug-likeness (QED) is 0.772. The first-order chi connectivity index (χ1) is 9.24. The third kappa shape index (κ3) is 4.69. The van der Waals surface area contributed by atoms with Crippen LogP contribution in [0.4, 0.5) is 0 Å². The first kappa shape index (κ1) is 13.5. The van der Waals surface area contributed by atoms with Gasteiger partial charge in [-0.25, -0.2) is 0 Å². The van der Waals surface area contributed by atoms with E-state index in [2.05, 4.69) is 20.0 Å². The number of aryl methyl sites for hydroxylation is 1. The molecule has 19 heavy (non-hydrogen) atoms. The van der Waals surface area contributed by atoms with Crippen molar-refractivity contribution in [2.75, 3.05) is 13.2 Å². The number of ether oxygens (including phenoxy) is 1. The Morgan fingerprint density at radius 1 is 1.47 bits per heavy atom. The van der Waals surface area contributed by atoms with Crippen molar-refractivity contribution in [3.8, 4) is 5.75 Å². The van der Waals surface area contributed by atoms with Gasteiger partial charge in [-0.1, -0.05) is 17.3 Å². The van der Waals surface area contributed by atoms with Gasteiger partial charge in [-0.3, -0.25) is 0 Å². The number of nitrogens with zero attached hydrogens (tertiary/aromatic N) is 2. The summed E-state index contributed by atoms with van der Waals surface area (Å²) in [5.74, 6) is 1.32. The molecule has 0 bridgehead atoms. The summed E-state index contributed by atoms with van der Waals surface area (Å²) in [6, 6.07) is 7.72. The number of aliphatic hydroxyl groups is 1. The molecule has 1 aromatic carbocycles. The zero-order valence-corrected chi connectivity index (χ0v) is 10.7. The molecule has 0 aliphatic rings. The second-order valence-electron chi connectivity index (χ2n) is 4.26. The molecule has 0 amide bonds. The maximum Gasteiger partial charge on any atom is 0.213 e. The molecule has 1 heterocycles. The van der Waals surface area contributed by atoms with E-state index in [4.69, 9.17) is 4.74 Å². The lowest BCUT2D eigenvalue weighted by molar-refractivity contribution is 0.106. The molecular weight excluding hydrogens is 246 g/mol. The minimum absolute atomic E-state index is 0.239. The van der Waals surface area contributed by atoms with Crippen molar-refractivity contribution >= 4 is 0 Å². The van der Waals surface area contributed by atoms with Gasteiger partial charge in [-0.15, -0.1) is 0 Å². The van der Waals surface area contributed by atoms with Gasteiger partial charge in [0.05, 0.1) is 6.54 Å². The highest BCUT2D eigenvalue weighted by atomic mass is 16.5.